The van der Waals surface area contributed by atoms with Crippen LogP contribution < -0.4 is 4.90 Å². The van der Waals surface area contributed by atoms with Crippen LogP contribution in [0, 0.1) is 6.92 Å². The number of halogens is 1. The molecule has 0 unspecified atom stereocenters. The van der Waals surface area contributed by atoms with E-state index in [1.54, 1.807) is 0 Å². The molecule has 4 heteroatoms. The zero-order chi connectivity index (χ0) is 11.7. The normalized spacial score (nSPS) is 16.8. The molecule has 2 amide bonds. The van der Waals surface area contributed by atoms with Gasteiger partial charge in [-0.15, -0.1) is 0 Å². The maximum atomic E-state index is 11.8. The van der Waals surface area contributed by atoms with E-state index in [0.717, 1.165) is 10.0 Å². The second-order valence-electron chi connectivity index (χ2n) is 3.91. The maximum Gasteiger partial charge on any atom is 0.233 e. The lowest BCUT2D eigenvalue weighted by Gasteiger charge is -2.26. The molecule has 1 heterocycles. The molecule has 0 aliphatic carbocycles. The van der Waals surface area contributed by atoms with Crippen molar-refractivity contribution in [2.24, 2.45) is 0 Å². The van der Waals surface area contributed by atoms with E-state index in [-0.39, 0.29) is 11.8 Å². The first-order chi connectivity index (χ1) is 7.59. The smallest absolute Gasteiger partial charge is 0.233 e. The third kappa shape index (κ3) is 2.02. The van der Waals surface area contributed by atoms with Crippen molar-refractivity contribution in [3.8, 4) is 0 Å². The number of carbonyl (C=O) groups is 2. The highest BCUT2D eigenvalue weighted by Gasteiger charge is 2.28. The van der Waals surface area contributed by atoms with Crippen LogP contribution in [0.2, 0.25) is 0 Å². The molecule has 84 valence electrons. The van der Waals surface area contributed by atoms with Crippen LogP contribution >= 0.6 is 15.9 Å². The van der Waals surface area contributed by atoms with E-state index in [2.05, 4.69) is 15.9 Å². The monoisotopic (exact) mass is 281 g/mol. The quantitative estimate of drug-likeness (QED) is 0.743. The number of piperidine rings is 1. The summed E-state index contributed by atoms with van der Waals surface area (Å²) in [5.74, 6) is -0.199. The summed E-state index contributed by atoms with van der Waals surface area (Å²) in [6.07, 6.45) is 1.58. The highest BCUT2D eigenvalue weighted by Crippen LogP contribution is 2.28. The van der Waals surface area contributed by atoms with Crippen LogP contribution in [0.1, 0.15) is 24.8 Å². The van der Waals surface area contributed by atoms with E-state index in [9.17, 15) is 9.59 Å². The summed E-state index contributed by atoms with van der Waals surface area (Å²) in [5.41, 5.74) is 1.64. The largest absolute Gasteiger partial charge is 0.274 e. The summed E-state index contributed by atoms with van der Waals surface area (Å²) in [6, 6.07) is 5.61. The van der Waals surface area contributed by atoms with Crippen molar-refractivity contribution < 1.29 is 9.59 Å². The zero-order valence-corrected chi connectivity index (χ0v) is 10.6. The number of anilines is 1. The molecule has 2 rings (SSSR count). The average molecular weight is 282 g/mol. The van der Waals surface area contributed by atoms with Gasteiger partial charge < -0.3 is 0 Å². The van der Waals surface area contributed by atoms with Gasteiger partial charge in [0.1, 0.15) is 0 Å². The molecule has 0 saturated carbocycles. The maximum absolute atomic E-state index is 11.8. The molecule has 3 nitrogen and oxygen atoms in total. The first kappa shape index (κ1) is 11.3. The third-order valence-corrected chi connectivity index (χ3v) is 3.19. The first-order valence-electron chi connectivity index (χ1n) is 5.21. The number of benzene rings is 1. The topological polar surface area (TPSA) is 37.4 Å². The fourth-order valence-corrected chi connectivity index (χ4v) is 2.19. The SMILES string of the molecule is Cc1ccc(Br)cc1N1C(=O)CCCC1=O. The van der Waals surface area contributed by atoms with Crippen molar-refractivity contribution in [1.29, 1.82) is 0 Å². The molecule has 0 bridgehead atoms. The van der Waals surface area contributed by atoms with Crippen LogP contribution in [-0.2, 0) is 9.59 Å². The lowest BCUT2D eigenvalue weighted by atomic mass is 10.1. The minimum atomic E-state index is -0.0996. The first-order valence-corrected chi connectivity index (χ1v) is 6.01. The van der Waals surface area contributed by atoms with E-state index in [1.807, 2.05) is 25.1 Å². The zero-order valence-electron chi connectivity index (χ0n) is 9.00. The van der Waals surface area contributed by atoms with Crippen LogP contribution in [0.25, 0.3) is 0 Å². The van der Waals surface area contributed by atoms with Gasteiger partial charge in [0.25, 0.3) is 0 Å². The van der Waals surface area contributed by atoms with Crippen molar-refractivity contribution in [3.05, 3.63) is 28.2 Å². The van der Waals surface area contributed by atoms with E-state index < -0.39 is 0 Å². The van der Waals surface area contributed by atoms with Gasteiger partial charge in [-0.3, -0.25) is 14.5 Å². The Balaban J connectivity index is 2.45. The number of aryl methyl sites for hydroxylation is 1. The lowest BCUT2D eigenvalue weighted by molar-refractivity contribution is -0.129. The number of rotatable bonds is 1. The molecular weight excluding hydrogens is 270 g/mol. The molecule has 0 spiro atoms. The van der Waals surface area contributed by atoms with Gasteiger partial charge in [-0.25, -0.2) is 0 Å². The van der Waals surface area contributed by atoms with Gasteiger partial charge in [-0.05, 0) is 31.0 Å². The summed E-state index contributed by atoms with van der Waals surface area (Å²) in [7, 11) is 0. The fourth-order valence-electron chi connectivity index (χ4n) is 1.85. The van der Waals surface area contributed by atoms with Crippen molar-refractivity contribution in [1.82, 2.24) is 0 Å². The van der Waals surface area contributed by atoms with E-state index in [0.29, 0.717) is 24.9 Å². The molecule has 1 fully saturated rings. The summed E-state index contributed by atoms with van der Waals surface area (Å²) in [5, 5.41) is 0. The number of hydrogen-bond acceptors (Lipinski definition) is 2. The van der Waals surface area contributed by atoms with E-state index in [4.69, 9.17) is 0 Å². The molecule has 1 aliphatic rings. The lowest BCUT2D eigenvalue weighted by Crippen LogP contribution is -2.40. The third-order valence-electron chi connectivity index (χ3n) is 2.69. The Kier molecular flexibility index (Phi) is 3.10. The Morgan fingerprint density at radius 3 is 2.44 bits per heavy atom. The molecule has 1 aromatic rings. The molecule has 1 aliphatic heterocycles. The second-order valence-corrected chi connectivity index (χ2v) is 4.82. The number of amides is 2. The van der Waals surface area contributed by atoms with Crippen molar-refractivity contribution >= 4 is 33.4 Å². The van der Waals surface area contributed by atoms with Crippen molar-refractivity contribution in [2.75, 3.05) is 4.90 Å². The molecule has 0 N–H and O–H groups in total. The van der Waals surface area contributed by atoms with Crippen LogP contribution in [0.4, 0.5) is 5.69 Å². The number of hydrogen-bond donors (Lipinski definition) is 0. The van der Waals surface area contributed by atoms with Crippen LogP contribution in [-0.4, -0.2) is 11.8 Å². The van der Waals surface area contributed by atoms with E-state index >= 15 is 0 Å². The highest BCUT2D eigenvalue weighted by atomic mass is 79.9. The summed E-state index contributed by atoms with van der Waals surface area (Å²) >= 11 is 3.35. The molecule has 0 radical (unpaired) electrons. The van der Waals surface area contributed by atoms with Crippen molar-refractivity contribution in [2.45, 2.75) is 26.2 Å². The van der Waals surface area contributed by atoms with Crippen molar-refractivity contribution in [3.63, 3.8) is 0 Å². The summed E-state index contributed by atoms with van der Waals surface area (Å²) in [4.78, 5) is 24.8. The molecule has 16 heavy (non-hydrogen) atoms. The molecule has 0 atom stereocenters. The highest BCUT2D eigenvalue weighted by molar-refractivity contribution is 9.10. The Morgan fingerprint density at radius 1 is 1.19 bits per heavy atom. The molecule has 1 saturated heterocycles. The second kappa shape index (κ2) is 4.37. The van der Waals surface area contributed by atoms with Gasteiger partial charge in [0, 0.05) is 17.3 Å². The average Bonchev–Trinajstić information content (AvgIpc) is 2.23. The number of carbonyl (C=O) groups excluding carboxylic acids is 2. The van der Waals surface area contributed by atoms with Gasteiger partial charge >= 0.3 is 0 Å². The van der Waals surface area contributed by atoms with E-state index in [1.165, 1.54) is 4.90 Å². The fraction of sp³-hybridized carbons (Fsp3) is 0.333. The standard InChI is InChI=1S/C12H12BrNO2/c1-8-5-6-9(13)7-10(8)14-11(15)3-2-4-12(14)16/h5-7H,2-4H2,1H3. The summed E-state index contributed by atoms with van der Waals surface area (Å²) < 4.78 is 0.874. The predicted octanol–water partition coefficient (Wildman–Crippen LogP) is 2.80. The minimum Gasteiger partial charge on any atom is -0.274 e. The Labute approximate surface area is 103 Å². The molecule has 0 aromatic heterocycles. The van der Waals surface area contributed by atoms with Crippen LogP contribution in [0.5, 0.6) is 0 Å². The Bertz CT molecular complexity index is 440. The van der Waals surface area contributed by atoms with Gasteiger partial charge in [0.05, 0.1) is 5.69 Å². The predicted molar refractivity (Wildman–Crippen MR) is 65.2 cm³/mol. The van der Waals surface area contributed by atoms with Gasteiger partial charge in [0.15, 0.2) is 0 Å². The van der Waals surface area contributed by atoms with Gasteiger partial charge in [0.2, 0.25) is 11.8 Å². The molecule has 1 aromatic carbocycles. The number of nitrogens with zero attached hydrogens (tertiary/aromatic N) is 1. The van der Waals surface area contributed by atoms with Crippen LogP contribution in [0.15, 0.2) is 22.7 Å². The molecular formula is C12H12BrNO2. The van der Waals surface area contributed by atoms with Gasteiger partial charge in [-0.1, -0.05) is 22.0 Å². The van der Waals surface area contributed by atoms with Crippen LogP contribution in [0.3, 0.4) is 0 Å². The Morgan fingerprint density at radius 2 is 1.81 bits per heavy atom. The summed E-state index contributed by atoms with van der Waals surface area (Å²) in [6.45, 7) is 1.90. The van der Waals surface area contributed by atoms with Gasteiger partial charge in [-0.2, -0.15) is 0 Å². The Hall–Kier alpha value is -1.16. The number of imide groups is 1. The minimum absolute atomic E-state index is 0.0996.